The number of hydrogen-bond donors (Lipinski definition) is 6. The van der Waals surface area contributed by atoms with Crippen molar-refractivity contribution in [2.75, 3.05) is 59.0 Å². The molecule has 7 heteroatoms. The summed E-state index contributed by atoms with van der Waals surface area (Å²) >= 11 is 0. The molecular weight excluding hydrogens is 436 g/mol. The molecule has 0 spiro atoms. The van der Waals surface area contributed by atoms with Gasteiger partial charge in [-0.05, 0) is 114 Å². The molecule has 8 N–H and O–H groups in total. The Morgan fingerprint density at radius 1 is 0.686 bits per heavy atom. The van der Waals surface area contributed by atoms with Crippen molar-refractivity contribution in [1.29, 1.82) is 0 Å². The Hall–Kier alpha value is -1.22. The summed E-state index contributed by atoms with van der Waals surface area (Å²) < 4.78 is 6.31. The smallest absolute Gasteiger partial charge is 0.119 e. The summed E-state index contributed by atoms with van der Waals surface area (Å²) in [5, 5.41) is 14.1. The van der Waals surface area contributed by atoms with Crippen LogP contribution in [0.1, 0.15) is 76.3 Å². The van der Waals surface area contributed by atoms with Gasteiger partial charge in [0.25, 0.3) is 0 Å². The van der Waals surface area contributed by atoms with Crippen LogP contribution in [0.15, 0.2) is 18.2 Å². The van der Waals surface area contributed by atoms with Gasteiger partial charge in [-0.1, -0.05) is 39.2 Å². The van der Waals surface area contributed by atoms with E-state index < -0.39 is 0 Å². The number of nitrogens with one attached hydrogen (secondary N) is 4. The molecular formula is C28H56N6O. The highest BCUT2D eigenvalue weighted by Gasteiger charge is 2.09. The molecule has 0 bridgehead atoms. The number of ether oxygens (including phenoxy) is 1. The average Bonchev–Trinajstić information content (AvgIpc) is 2.87. The Bertz CT molecular complexity index is 563. The van der Waals surface area contributed by atoms with Crippen LogP contribution >= 0.6 is 0 Å². The van der Waals surface area contributed by atoms with E-state index in [4.69, 9.17) is 16.2 Å². The van der Waals surface area contributed by atoms with Crippen LogP contribution in [-0.4, -0.2) is 59.0 Å². The third-order valence-corrected chi connectivity index (χ3v) is 6.24. The lowest BCUT2D eigenvalue weighted by Gasteiger charge is -2.17. The molecule has 0 aliphatic rings. The zero-order valence-corrected chi connectivity index (χ0v) is 22.8. The standard InChI is InChI=1S/C28H56N6O/c1-3-5-10-25(4-2)24-35-28-20-26(22-33-17-8-15-31-13-6-11-29)19-27(21-28)23-34-18-9-16-32-14-7-12-30/h19-21,25,31-34H,3-18,22-24,29-30H2,1-2H3. The lowest BCUT2D eigenvalue weighted by atomic mass is 10.0. The summed E-state index contributed by atoms with van der Waals surface area (Å²) in [5.74, 6) is 1.64. The number of rotatable bonds is 25. The predicted octanol–water partition coefficient (Wildman–Crippen LogP) is 3.12. The van der Waals surface area contributed by atoms with E-state index in [0.29, 0.717) is 5.92 Å². The van der Waals surface area contributed by atoms with Crippen molar-refractivity contribution >= 4 is 0 Å². The lowest BCUT2D eigenvalue weighted by Crippen LogP contribution is -2.24. The second-order valence-corrected chi connectivity index (χ2v) is 9.56. The molecule has 1 aromatic carbocycles. The predicted molar refractivity (Wildman–Crippen MR) is 151 cm³/mol. The fourth-order valence-electron chi connectivity index (χ4n) is 3.97. The molecule has 0 radical (unpaired) electrons. The highest BCUT2D eigenvalue weighted by atomic mass is 16.5. The first-order valence-electron chi connectivity index (χ1n) is 14.2. The van der Waals surface area contributed by atoms with E-state index in [2.05, 4.69) is 53.3 Å². The fourth-order valence-corrected chi connectivity index (χ4v) is 3.97. The van der Waals surface area contributed by atoms with Gasteiger partial charge in [-0.2, -0.15) is 0 Å². The van der Waals surface area contributed by atoms with Gasteiger partial charge in [0, 0.05) is 13.1 Å². The summed E-state index contributed by atoms with van der Waals surface area (Å²) in [6.45, 7) is 14.7. The molecule has 1 unspecified atom stereocenters. The van der Waals surface area contributed by atoms with Crippen LogP contribution in [0.2, 0.25) is 0 Å². The van der Waals surface area contributed by atoms with Gasteiger partial charge >= 0.3 is 0 Å². The Kier molecular flexibility index (Phi) is 21.1. The molecule has 35 heavy (non-hydrogen) atoms. The first-order valence-corrected chi connectivity index (χ1v) is 14.2. The molecule has 7 nitrogen and oxygen atoms in total. The van der Waals surface area contributed by atoms with Crippen molar-refractivity contribution in [1.82, 2.24) is 21.3 Å². The van der Waals surface area contributed by atoms with Crippen LogP contribution in [0.25, 0.3) is 0 Å². The van der Waals surface area contributed by atoms with Gasteiger partial charge in [-0.25, -0.2) is 0 Å². The second-order valence-electron chi connectivity index (χ2n) is 9.56. The molecule has 0 saturated heterocycles. The fraction of sp³-hybridized carbons (Fsp3) is 0.786. The summed E-state index contributed by atoms with van der Waals surface area (Å²) in [6, 6.07) is 6.73. The Labute approximate surface area is 215 Å². The molecule has 0 amide bonds. The maximum absolute atomic E-state index is 6.31. The maximum atomic E-state index is 6.31. The van der Waals surface area contributed by atoms with Crippen LogP contribution < -0.4 is 37.5 Å². The van der Waals surface area contributed by atoms with E-state index in [9.17, 15) is 0 Å². The first kappa shape index (κ1) is 31.8. The lowest BCUT2D eigenvalue weighted by molar-refractivity contribution is 0.233. The zero-order valence-electron chi connectivity index (χ0n) is 22.8. The number of benzene rings is 1. The minimum atomic E-state index is 0.636. The topological polar surface area (TPSA) is 109 Å². The minimum absolute atomic E-state index is 0.636. The third kappa shape index (κ3) is 17.8. The van der Waals surface area contributed by atoms with Crippen molar-refractivity contribution in [2.24, 2.45) is 17.4 Å². The van der Waals surface area contributed by atoms with Gasteiger partial charge in [-0.15, -0.1) is 0 Å². The molecule has 0 heterocycles. The quantitative estimate of drug-likeness (QED) is 0.116. The number of hydrogen-bond acceptors (Lipinski definition) is 7. The molecule has 0 fully saturated rings. The summed E-state index contributed by atoms with van der Waals surface area (Å²) in [5.41, 5.74) is 13.7. The summed E-state index contributed by atoms with van der Waals surface area (Å²) in [4.78, 5) is 0. The molecule has 1 atom stereocenters. The highest BCUT2D eigenvalue weighted by Crippen LogP contribution is 2.20. The monoisotopic (exact) mass is 492 g/mol. The van der Waals surface area contributed by atoms with E-state index in [-0.39, 0.29) is 0 Å². The van der Waals surface area contributed by atoms with Crippen LogP contribution in [-0.2, 0) is 13.1 Å². The van der Waals surface area contributed by atoms with Crippen molar-refractivity contribution in [3.63, 3.8) is 0 Å². The van der Waals surface area contributed by atoms with Crippen LogP contribution in [0, 0.1) is 5.92 Å². The van der Waals surface area contributed by atoms with Gasteiger partial charge in [0.1, 0.15) is 5.75 Å². The van der Waals surface area contributed by atoms with Crippen LogP contribution in [0.4, 0.5) is 0 Å². The van der Waals surface area contributed by atoms with Crippen molar-refractivity contribution in [2.45, 2.75) is 78.3 Å². The number of nitrogens with two attached hydrogens (primary N) is 2. The summed E-state index contributed by atoms with van der Waals surface area (Å²) in [7, 11) is 0. The Morgan fingerprint density at radius 2 is 1.20 bits per heavy atom. The molecule has 0 aliphatic heterocycles. The van der Waals surface area contributed by atoms with Crippen molar-refractivity contribution in [3.05, 3.63) is 29.3 Å². The second kappa shape index (κ2) is 23.2. The molecule has 1 aromatic rings. The van der Waals surface area contributed by atoms with Crippen LogP contribution in [0.3, 0.4) is 0 Å². The third-order valence-electron chi connectivity index (χ3n) is 6.24. The van der Waals surface area contributed by atoms with Gasteiger partial charge in [0.2, 0.25) is 0 Å². The van der Waals surface area contributed by atoms with E-state index in [0.717, 1.165) is 103 Å². The largest absolute Gasteiger partial charge is 0.493 e. The van der Waals surface area contributed by atoms with Gasteiger partial charge < -0.3 is 37.5 Å². The summed E-state index contributed by atoms with van der Waals surface area (Å²) in [6.07, 6.45) is 9.27. The minimum Gasteiger partial charge on any atom is -0.493 e. The first-order chi connectivity index (χ1) is 17.2. The van der Waals surface area contributed by atoms with Crippen LogP contribution in [0.5, 0.6) is 5.75 Å². The maximum Gasteiger partial charge on any atom is 0.119 e. The molecule has 204 valence electrons. The Morgan fingerprint density at radius 3 is 1.69 bits per heavy atom. The normalized spacial score (nSPS) is 12.2. The highest BCUT2D eigenvalue weighted by molar-refractivity contribution is 5.34. The van der Waals surface area contributed by atoms with E-state index in [1.165, 1.54) is 36.8 Å². The molecule has 0 aliphatic carbocycles. The Balaban J connectivity index is 2.53. The van der Waals surface area contributed by atoms with Crippen molar-refractivity contribution < 1.29 is 4.74 Å². The van der Waals surface area contributed by atoms with Crippen molar-refractivity contribution in [3.8, 4) is 5.75 Å². The van der Waals surface area contributed by atoms with E-state index >= 15 is 0 Å². The average molecular weight is 493 g/mol. The molecule has 1 rings (SSSR count). The van der Waals surface area contributed by atoms with E-state index in [1.807, 2.05) is 0 Å². The van der Waals surface area contributed by atoms with Gasteiger partial charge in [0.15, 0.2) is 0 Å². The SMILES string of the molecule is CCCCC(CC)COc1cc(CNCCCNCCCN)cc(CNCCCNCCCN)c1. The number of unbranched alkanes of at least 4 members (excludes halogenated alkanes) is 1. The zero-order chi connectivity index (χ0) is 25.4. The molecule has 0 saturated carbocycles. The van der Waals surface area contributed by atoms with E-state index in [1.54, 1.807) is 0 Å². The van der Waals surface area contributed by atoms with Gasteiger partial charge in [-0.3, -0.25) is 0 Å². The van der Waals surface area contributed by atoms with Gasteiger partial charge in [0.05, 0.1) is 6.61 Å². The molecule has 0 aromatic heterocycles.